The zero-order valence-electron chi connectivity index (χ0n) is 13.0. The summed E-state index contributed by atoms with van der Waals surface area (Å²) in [6.45, 7) is 12.5. The van der Waals surface area contributed by atoms with Crippen LogP contribution in [0.1, 0.15) is 39.7 Å². The minimum atomic E-state index is -0.256. The number of nitrogens with zero attached hydrogens (tertiary/aromatic N) is 2. The fourth-order valence-corrected chi connectivity index (χ4v) is 2.68. The van der Waals surface area contributed by atoms with E-state index in [0.29, 0.717) is 17.9 Å². The zero-order chi connectivity index (χ0) is 14.8. The van der Waals surface area contributed by atoms with Crippen molar-refractivity contribution in [2.24, 2.45) is 11.3 Å². The van der Waals surface area contributed by atoms with Crippen molar-refractivity contribution >= 4 is 5.82 Å². The summed E-state index contributed by atoms with van der Waals surface area (Å²) >= 11 is 0. The van der Waals surface area contributed by atoms with Gasteiger partial charge >= 0.3 is 0 Å². The number of rotatable bonds is 5. The lowest BCUT2D eigenvalue weighted by Gasteiger charge is -2.23. The fourth-order valence-electron chi connectivity index (χ4n) is 2.68. The number of pyridine rings is 1. The van der Waals surface area contributed by atoms with Crippen molar-refractivity contribution in [3.05, 3.63) is 23.6 Å². The van der Waals surface area contributed by atoms with Crippen molar-refractivity contribution in [3.63, 3.8) is 0 Å². The van der Waals surface area contributed by atoms with Crippen LogP contribution in [-0.4, -0.2) is 24.6 Å². The lowest BCUT2D eigenvalue weighted by Crippen LogP contribution is -2.27. The van der Waals surface area contributed by atoms with Crippen molar-refractivity contribution in [1.82, 2.24) is 10.3 Å². The first kappa shape index (κ1) is 15.2. The van der Waals surface area contributed by atoms with E-state index in [2.05, 4.69) is 42.9 Å². The van der Waals surface area contributed by atoms with Gasteiger partial charge in [0.1, 0.15) is 11.6 Å². The molecule has 1 N–H and O–H groups in total. The maximum atomic E-state index is 13.5. The first-order valence-electron chi connectivity index (χ1n) is 7.47. The van der Waals surface area contributed by atoms with Crippen LogP contribution in [0.15, 0.2) is 12.3 Å². The number of aromatic nitrogens is 1. The molecule has 1 aromatic heterocycles. The van der Waals surface area contributed by atoms with Gasteiger partial charge in [0.05, 0.1) is 6.20 Å². The molecule has 0 saturated carbocycles. The lowest BCUT2D eigenvalue weighted by atomic mass is 9.93. The topological polar surface area (TPSA) is 28.2 Å². The average molecular weight is 279 g/mol. The van der Waals surface area contributed by atoms with Gasteiger partial charge in [0.2, 0.25) is 0 Å². The van der Waals surface area contributed by atoms with E-state index in [1.54, 1.807) is 6.07 Å². The standard InChI is InChI=1S/C16H26FN3/c1-12(2)8-18-9-13-7-14(17)10-19-15(13)20-6-5-16(3,4)11-20/h7,10,12,18H,5-6,8-9,11H2,1-4H3. The molecule has 20 heavy (non-hydrogen) atoms. The maximum Gasteiger partial charge on any atom is 0.141 e. The van der Waals surface area contributed by atoms with Crippen molar-refractivity contribution in [1.29, 1.82) is 0 Å². The van der Waals surface area contributed by atoms with Gasteiger partial charge in [-0.2, -0.15) is 0 Å². The van der Waals surface area contributed by atoms with Crippen LogP contribution in [0.5, 0.6) is 0 Å². The highest BCUT2D eigenvalue weighted by molar-refractivity contribution is 5.48. The summed E-state index contributed by atoms with van der Waals surface area (Å²) < 4.78 is 13.5. The highest BCUT2D eigenvalue weighted by Gasteiger charge is 2.30. The largest absolute Gasteiger partial charge is 0.356 e. The Labute approximate surface area is 121 Å². The maximum absolute atomic E-state index is 13.5. The summed E-state index contributed by atoms with van der Waals surface area (Å²) in [4.78, 5) is 6.62. The van der Waals surface area contributed by atoms with Crippen LogP contribution in [0.25, 0.3) is 0 Å². The highest BCUT2D eigenvalue weighted by atomic mass is 19.1. The molecule has 2 rings (SSSR count). The summed E-state index contributed by atoms with van der Waals surface area (Å²) in [5, 5.41) is 3.38. The summed E-state index contributed by atoms with van der Waals surface area (Å²) in [6, 6.07) is 1.61. The van der Waals surface area contributed by atoms with Crippen molar-refractivity contribution in [2.45, 2.75) is 40.7 Å². The number of hydrogen-bond donors (Lipinski definition) is 1. The van der Waals surface area contributed by atoms with E-state index in [1.807, 2.05) is 0 Å². The number of hydrogen-bond acceptors (Lipinski definition) is 3. The minimum Gasteiger partial charge on any atom is -0.356 e. The molecule has 0 aromatic carbocycles. The van der Waals surface area contributed by atoms with E-state index in [0.717, 1.165) is 37.4 Å². The summed E-state index contributed by atoms with van der Waals surface area (Å²) in [6.07, 6.45) is 2.48. The monoisotopic (exact) mass is 279 g/mol. The SMILES string of the molecule is CC(C)CNCc1cc(F)cnc1N1CCC(C)(C)C1. The molecule has 1 fully saturated rings. The van der Waals surface area contributed by atoms with Gasteiger partial charge in [-0.05, 0) is 30.4 Å². The summed E-state index contributed by atoms with van der Waals surface area (Å²) in [5.41, 5.74) is 1.28. The van der Waals surface area contributed by atoms with Gasteiger partial charge in [-0.1, -0.05) is 27.7 Å². The highest BCUT2D eigenvalue weighted by Crippen LogP contribution is 2.33. The molecule has 1 aromatic rings. The van der Waals surface area contributed by atoms with Crippen LogP contribution in [-0.2, 0) is 6.54 Å². The van der Waals surface area contributed by atoms with Crippen LogP contribution in [0, 0.1) is 17.2 Å². The Balaban J connectivity index is 2.12. The van der Waals surface area contributed by atoms with Crippen molar-refractivity contribution in [3.8, 4) is 0 Å². The minimum absolute atomic E-state index is 0.256. The van der Waals surface area contributed by atoms with E-state index in [-0.39, 0.29) is 5.82 Å². The molecule has 0 bridgehead atoms. The third-order valence-electron chi connectivity index (χ3n) is 3.75. The Hall–Kier alpha value is -1.16. The Kier molecular flexibility index (Phi) is 4.63. The molecule has 0 atom stereocenters. The summed E-state index contributed by atoms with van der Waals surface area (Å²) in [5.74, 6) is 1.27. The normalized spacial score (nSPS) is 18.0. The number of nitrogens with one attached hydrogen (secondary N) is 1. The molecule has 0 amide bonds. The van der Waals surface area contributed by atoms with Gasteiger partial charge in [-0.15, -0.1) is 0 Å². The van der Waals surface area contributed by atoms with E-state index in [1.165, 1.54) is 6.20 Å². The van der Waals surface area contributed by atoms with Crippen LogP contribution in [0.3, 0.4) is 0 Å². The van der Waals surface area contributed by atoms with E-state index >= 15 is 0 Å². The van der Waals surface area contributed by atoms with Gasteiger partial charge in [-0.25, -0.2) is 9.37 Å². The smallest absolute Gasteiger partial charge is 0.141 e. The molecule has 0 aliphatic carbocycles. The predicted molar refractivity (Wildman–Crippen MR) is 81.4 cm³/mol. The molecule has 2 heterocycles. The van der Waals surface area contributed by atoms with Crippen LogP contribution >= 0.6 is 0 Å². The molecular formula is C16H26FN3. The van der Waals surface area contributed by atoms with Crippen LogP contribution < -0.4 is 10.2 Å². The molecule has 1 aliphatic heterocycles. The second kappa shape index (κ2) is 6.08. The molecule has 1 saturated heterocycles. The van der Waals surface area contributed by atoms with Crippen LogP contribution in [0.2, 0.25) is 0 Å². The molecule has 0 unspecified atom stereocenters. The van der Waals surface area contributed by atoms with Gasteiger partial charge in [0.15, 0.2) is 0 Å². The van der Waals surface area contributed by atoms with E-state index in [9.17, 15) is 4.39 Å². The molecule has 3 nitrogen and oxygen atoms in total. The molecule has 0 radical (unpaired) electrons. The van der Waals surface area contributed by atoms with Gasteiger partial charge in [0, 0.05) is 25.2 Å². The predicted octanol–water partition coefficient (Wildman–Crippen LogP) is 3.20. The molecule has 112 valence electrons. The number of halogens is 1. The second-order valence-electron chi connectivity index (χ2n) is 7.00. The average Bonchev–Trinajstić information content (AvgIpc) is 2.69. The van der Waals surface area contributed by atoms with Crippen molar-refractivity contribution < 1.29 is 4.39 Å². The molecule has 0 spiro atoms. The second-order valence-corrected chi connectivity index (χ2v) is 7.00. The first-order chi connectivity index (χ1) is 9.37. The van der Waals surface area contributed by atoms with Gasteiger partial charge < -0.3 is 10.2 Å². The Bertz CT molecular complexity index is 457. The Morgan fingerprint density at radius 1 is 1.45 bits per heavy atom. The third-order valence-corrected chi connectivity index (χ3v) is 3.75. The first-order valence-corrected chi connectivity index (χ1v) is 7.47. The molecule has 4 heteroatoms. The molecular weight excluding hydrogens is 253 g/mol. The quantitative estimate of drug-likeness (QED) is 0.897. The number of anilines is 1. The Morgan fingerprint density at radius 3 is 2.80 bits per heavy atom. The summed E-state index contributed by atoms with van der Waals surface area (Å²) in [7, 11) is 0. The third kappa shape index (κ3) is 3.92. The molecule has 1 aliphatic rings. The lowest BCUT2D eigenvalue weighted by molar-refractivity contribution is 0.418. The van der Waals surface area contributed by atoms with Gasteiger partial charge in [-0.3, -0.25) is 0 Å². The van der Waals surface area contributed by atoms with E-state index in [4.69, 9.17) is 0 Å². The van der Waals surface area contributed by atoms with Crippen molar-refractivity contribution in [2.75, 3.05) is 24.5 Å². The van der Waals surface area contributed by atoms with Crippen LogP contribution in [0.4, 0.5) is 10.2 Å². The Morgan fingerprint density at radius 2 is 2.20 bits per heavy atom. The van der Waals surface area contributed by atoms with E-state index < -0.39 is 0 Å². The fraction of sp³-hybridized carbons (Fsp3) is 0.688. The zero-order valence-corrected chi connectivity index (χ0v) is 13.0. The van der Waals surface area contributed by atoms with Gasteiger partial charge in [0.25, 0.3) is 0 Å².